The molecule has 2 aromatic rings. The summed E-state index contributed by atoms with van der Waals surface area (Å²) >= 11 is 0. The fourth-order valence-corrected chi connectivity index (χ4v) is 3.63. The van der Waals surface area contributed by atoms with Crippen LogP contribution in [0.5, 0.6) is 11.5 Å². The van der Waals surface area contributed by atoms with Crippen molar-refractivity contribution in [2.24, 2.45) is 0 Å². The van der Waals surface area contributed by atoms with Gasteiger partial charge in [0, 0.05) is 5.92 Å². The van der Waals surface area contributed by atoms with Gasteiger partial charge in [0.25, 0.3) is 0 Å². The van der Waals surface area contributed by atoms with E-state index in [4.69, 9.17) is 0 Å². The van der Waals surface area contributed by atoms with Gasteiger partial charge in [0.15, 0.2) is 0 Å². The first-order chi connectivity index (χ1) is 11.5. The van der Waals surface area contributed by atoms with Crippen LogP contribution >= 0.6 is 0 Å². The van der Waals surface area contributed by atoms with Gasteiger partial charge in [-0.1, -0.05) is 38.8 Å². The molecule has 2 nitrogen and oxygen atoms in total. The zero-order valence-electron chi connectivity index (χ0n) is 15.4. The first-order valence-corrected chi connectivity index (χ1v) is 9.10. The lowest BCUT2D eigenvalue weighted by Gasteiger charge is -2.23. The van der Waals surface area contributed by atoms with E-state index >= 15 is 0 Å². The van der Waals surface area contributed by atoms with E-state index in [-0.39, 0.29) is 0 Å². The molecular weight excluding hydrogens is 296 g/mol. The third kappa shape index (κ3) is 3.92. The van der Waals surface area contributed by atoms with Gasteiger partial charge in [0.1, 0.15) is 11.5 Å². The lowest BCUT2D eigenvalue weighted by atomic mass is 9.81. The molecule has 2 N–H and O–H groups in total. The van der Waals surface area contributed by atoms with Gasteiger partial charge in [-0.3, -0.25) is 0 Å². The predicted molar refractivity (Wildman–Crippen MR) is 101 cm³/mol. The SMILES string of the molecule is CCCCc1c(O)ccc(C(CCC)c2ccc(O)cc2C)c1C. The van der Waals surface area contributed by atoms with E-state index in [1.54, 1.807) is 6.07 Å². The molecule has 0 heterocycles. The van der Waals surface area contributed by atoms with E-state index in [9.17, 15) is 10.2 Å². The second kappa shape index (κ2) is 8.23. The molecule has 0 radical (unpaired) electrons. The molecule has 0 fully saturated rings. The summed E-state index contributed by atoms with van der Waals surface area (Å²) in [4.78, 5) is 0. The van der Waals surface area contributed by atoms with Crippen molar-refractivity contribution in [1.29, 1.82) is 0 Å². The highest BCUT2D eigenvalue weighted by molar-refractivity contribution is 5.49. The van der Waals surface area contributed by atoms with Crippen molar-refractivity contribution in [3.8, 4) is 11.5 Å². The van der Waals surface area contributed by atoms with Gasteiger partial charge in [-0.2, -0.15) is 0 Å². The molecule has 0 amide bonds. The summed E-state index contributed by atoms with van der Waals surface area (Å²) in [6.45, 7) is 8.58. The molecular formula is C22H30O2. The van der Waals surface area contributed by atoms with Gasteiger partial charge in [-0.15, -0.1) is 0 Å². The minimum absolute atomic E-state index is 0.302. The summed E-state index contributed by atoms with van der Waals surface area (Å²) in [6, 6.07) is 9.59. The van der Waals surface area contributed by atoms with Crippen LogP contribution in [0.25, 0.3) is 0 Å². The Morgan fingerprint density at radius 1 is 0.917 bits per heavy atom. The first-order valence-electron chi connectivity index (χ1n) is 9.10. The standard InChI is InChI=1S/C22H30O2/c1-5-7-9-20-16(4)19(12-13-22(20)24)21(8-6-2)18-11-10-17(23)14-15(18)3/h10-14,21,23-24H,5-9H2,1-4H3. The number of aromatic hydroxyl groups is 2. The van der Waals surface area contributed by atoms with E-state index in [0.717, 1.165) is 43.2 Å². The molecule has 1 unspecified atom stereocenters. The second-order valence-corrected chi connectivity index (χ2v) is 6.76. The van der Waals surface area contributed by atoms with Crippen molar-refractivity contribution < 1.29 is 10.2 Å². The Morgan fingerprint density at radius 2 is 1.62 bits per heavy atom. The molecule has 2 rings (SSSR count). The fraction of sp³-hybridized carbons (Fsp3) is 0.455. The van der Waals surface area contributed by atoms with E-state index in [1.165, 1.54) is 16.7 Å². The van der Waals surface area contributed by atoms with E-state index < -0.39 is 0 Å². The third-order valence-electron chi connectivity index (χ3n) is 4.98. The van der Waals surface area contributed by atoms with Crippen LogP contribution in [0.15, 0.2) is 30.3 Å². The van der Waals surface area contributed by atoms with Crippen molar-refractivity contribution in [2.75, 3.05) is 0 Å². The second-order valence-electron chi connectivity index (χ2n) is 6.76. The summed E-state index contributed by atoms with van der Waals surface area (Å²) in [5.74, 6) is 1.04. The zero-order valence-corrected chi connectivity index (χ0v) is 15.4. The number of unbranched alkanes of at least 4 members (excludes halogenated alkanes) is 1. The van der Waals surface area contributed by atoms with E-state index in [0.29, 0.717) is 17.4 Å². The van der Waals surface area contributed by atoms with E-state index in [2.05, 4.69) is 33.8 Å². The summed E-state index contributed by atoms with van der Waals surface area (Å²) < 4.78 is 0. The number of benzene rings is 2. The molecule has 2 heteroatoms. The molecule has 0 bridgehead atoms. The van der Waals surface area contributed by atoms with Crippen LogP contribution in [-0.2, 0) is 6.42 Å². The molecule has 0 aliphatic rings. The molecule has 0 saturated heterocycles. The van der Waals surface area contributed by atoms with Crippen LogP contribution in [-0.4, -0.2) is 10.2 Å². The van der Waals surface area contributed by atoms with Gasteiger partial charge in [-0.25, -0.2) is 0 Å². The van der Waals surface area contributed by atoms with Crippen LogP contribution in [0.3, 0.4) is 0 Å². The van der Waals surface area contributed by atoms with Crippen LogP contribution in [0, 0.1) is 13.8 Å². The lowest BCUT2D eigenvalue weighted by molar-refractivity contribution is 0.465. The molecule has 2 aromatic carbocycles. The maximum Gasteiger partial charge on any atom is 0.119 e. The Hall–Kier alpha value is -1.96. The lowest BCUT2D eigenvalue weighted by Crippen LogP contribution is -2.07. The fourth-order valence-electron chi connectivity index (χ4n) is 3.63. The Bertz CT molecular complexity index is 689. The number of phenolic OH excluding ortho intramolecular Hbond substituents is 2. The molecule has 24 heavy (non-hydrogen) atoms. The van der Waals surface area contributed by atoms with E-state index in [1.807, 2.05) is 18.2 Å². The average Bonchev–Trinajstić information content (AvgIpc) is 2.54. The molecule has 0 spiro atoms. The topological polar surface area (TPSA) is 40.5 Å². The number of rotatable bonds is 7. The van der Waals surface area contributed by atoms with Crippen molar-refractivity contribution in [3.05, 3.63) is 58.1 Å². The van der Waals surface area contributed by atoms with Gasteiger partial charge < -0.3 is 10.2 Å². The molecule has 0 aliphatic heterocycles. The van der Waals surface area contributed by atoms with Crippen LogP contribution < -0.4 is 0 Å². The number of aryl methyl sites for hydroxylation is 1. The molecule has 0 aromatic heterocycles. The number of phenols is 2. The van der Waals surface area contributed by atoms with Gasteiger partial charge in [0.2, 0.25) is 0 Å². The van der Waals surface area contributed by atoms with Crippen molar-refractivity contribution in [2.45, 2.75) is 65.7 Å². The molecule has 0 saturated carbocycles. The Labute approximate surface area is 146 Å². The van der Waals surface area contributed by atoms with Crippen molar-refractivity contribution in [1.82, 2.24) is 0 Å². The minimum Gasteiger partial charge on any atom is -0.508 e. The molecule has 130 valence electrons. The monoisotopic (exact) mass is 326 g/mol. The summed E-state index contributed by atoms with van der Waals surface area (Å²) in [5, 5.41) is 20.0. The highest BCUT2D eigenvalue weighted by Gasteiger charge is 2.20. The molecule has 1 atom stereocenters. The highest BCUT2D eigenvalue weighted by Crippen LogP contribution is 2.37. The molecule has 0 aliphatic carbocycles. The van der Waals surface area contributed by atoms with Crippen LogP contribution in [0.2, 0.25) is 0 Å². The van der Waals surface area contributed by atoms with Gasteiger partial charge in [0.05, 0.1) is 0 Å². The van der Waals surface area contributed by atoms with Crippen molar-refractivity contribution >= 4 is 0 Å². The third-order valence-corrected chi connectivity index (χ3v) is 4.98. The Balaban J connectivity index is 2.51. The van der Waals surface area contributed by atoms with Gasteiger partial charge >= 0.3 is 0 Å². The Morgan fingerprint density at radius 3 is 2.25 bits per heavy atom. The van der Waals surface area contributed by atoms with Gasteiger partial charge in [-0.05, 0) is 79.1 Å². The maximum absolute atomic E-state index is 10.3. The Kier molecular flexibility index (Phi) is 6.30. The predicted octanol–water partition coefficient (Wildman–Crippen LogP) is 5.99. The number of hydrogen-bond donors (Lipinski definition) is 2. The van der Waals surface area contributed by atoms with Crippen LogP contribution in [0.4, 0.5) is 0 Å². The summed E-state index contributed by atoms with van der Waals surface area (Å²) in [7, 11) is 0. The quantitative estimate of drug-likeness (QED) is 0.656. The zero-order chi connectivity index (χ0) is 17.7. The normalized spacial score (nSPS) is 12.3. The average molecular weight is 326 g/mol. The summed E-state index contributed by atoms with van der Waals surface area (Å²) in [6.07, 6.45) is 5.29. The van der Waals surface area contributed by atoms with Crippen molar-refractivity contribution in [3.63, 3.8) is 0 Å². The minimum atomic E-state index is 0.302. The van der Waals surface area contributed by atoms with Crippen LogP contribution in [0.1, 0.15) is 73.3 Å². The largest absolute Gasteiger partial charge is 0.508 e. The first kappa shape index (κ1) is 18.4. The number of hydrogen-bond acceptors (Lipinski definition) is 2. The maximum atomic E-state index is 10.3. The smallest absolute Gasteiger partial charge is 0.119 e. The summed E-state index contributed by atoms with van der Waals surface area (Å²) in [5.41, 5.74) is 6.00. The highest BCUT2D eigenvalue weighted by atomic mass is 16.3.